The van der Waals surface area contributed by atoms with Crippen molar-refractivity contribution in [3.63, 3.8) is 0 Å². The average Bonchev–Trinajstić information content (AvgIpc) is 3.05. The molecule has 3 N–H and O–H groups in total. The summed E-state index contributed by atoms with van der Waals surface area (Å²) in [5, 5.41) is 10.2. The number of nitrogens with two attached hydrogens (primary N) is 1. The minimum atomic E-state index is -0.453. The summed E-state index contributed by atoms with van der Waals surface area (Å²) in [5.41, 5.74) is 6.43. The molecule has 0 unspecified atom stereocenters. The van der Waals surface area contributed by atoms with Gasteiger partial charge in [-0.3, -0.25) is 0 Å². The number of fused-ring (bicyclic) bond motifs is 1. The van der Waals surface area contributed by atoms with Gasteiger partial charge in [0.1, 0.15) is 5.75 Å². The molecule has 1 aliphatic carbocycles. The second-order valence-electron chi connectivity index (χ2n) is 4.62. The average molecular weight is 300 g/mol. The van der Waals surface area contributed by atoms with E-state index in [0.717, 1.165) is 19.3 Å². The summed E-state index contributed by atoms with van der Waals surface area (Å²) in [6.45, 7) is 1.22. The van der Waals surface area contributed by atoms with Crippen molar-refractivity contribution >= 4 is 15.9 Å². The molecule has 2 aliphatic rings. The maximum Gasteiger partial charge on any atom is 0.170 e. The van der Waals surface area contributed by atoms with Gasteiger partial charge < -0.3 is 20.3 Å². The quantitative estimate of drug-likeness (QED) is 0.835. The maximum atomic E-state index is 10.2. The van der Waals surface area contributed by atoms with Crippen LogP contribution in [0.15, 0.2) is 10.5 Å². The summed E-state index contributed by atoms with van der Waals surface area (Å²) in [7, 11) is 0. The van der Waals surface area contributed by atoms with E-state index >= 15 is 0 Å². The van der Waals surface area contributed by atoms with Crippen molar-refractivity contribution in [2.75, 3.05) is 13.2 Å². The molecule has 0 radical (unpaired) electrons. The second-order valence-corrected chi connectivity index (χ2v) is 5.47. The normalized spacial score (nSPS) is 20.8. The minimum Gasteiger partial charge on any atom is -0.506 e. The molecule has 0 saturated heterocycles. The van der Waals surface area contributed by atoms with Gasteiger partial charge in [0.2, 0.25) is 0 Å². The number of ether oxygens (including phenoxy) is 2. The van der Waals surface area contributed by atoms with Gasteiger partial charge in [0, 0.05) is 18.0 Å². The lowest BCUT2D eigenvalue weighted by atomic mass is 10.0. The fourth-order valence-corrected chi connectivity index (χ4v) is 2.52. The number of hydrogen-bond acceptors (Lipinski definition) is 4. The second kappa shape index (κ2) is 3.78. The Bertz CT molecular complexity index is 471. The molecule has 0 spiro atoms. The first-order valence-corrected chi connectivity index (χ1v) is 6.51. The van der Waals surface area contributed by atoms with E-state index in [0.29, 0.717) is 34.7 Å². The molecular weight excluding hydrogens is 286 g/mol. The van der Waals surface area contributed by atoms with Crippen LogP contribution in [0.25, 0.3) is 0 Å². The van der Waals surface area contributed by atoms with E-state index < -0.39 is 5.54 Å². The molecule has 1 fully saturated rings. The Hall–Kier alpha value is -0.940. The Morgan fingerprint density at radius 1 is 1.29 bits per heavy atom. The zero-order valence-electron chi connectivity index (χ0n) is 9.33. The summed E-state index contributed by atoms with van der Waals surface area (Å²) >= 11 is 3.33. The third kappa shape index (κ3) is 1.77. The molecule has 1 aliphatic heterocycles. The predicted octanol–water partition coefficient (Wildman–Crippen LogP) is 2.26. The molecule has 1 heterocycles. The Morgan fingerprint density at radius 2 is 2.00 bits per heavy atom. The Labute approximate surface area is 108 Å². The van der Waals surface area contributed by atoms with Crippen LogP contribution in [0.3, 0.4) is 0 Å². The summed E-state index contributed by atoms with van der Waals surface area (Å²) in [6.07, 6.45) is 2.57. The summed E-state index contributed by atoms with van der Waals surface area (Å²) < 4.78 is 11.9. The van der Waals surface area contributed by atoms with Gasteiger partial charge in [-0.2, -0.15) is 0 Å². The number of phenols is 1. The minimum absolute atomic E-state index is 0.175. The van der Waals surface area contributed by atoms with Crippen molar-refractivity contribution in [2.45, 2.75) is 24.8 Å². The van der Waals surface area contributed by atoms with Crippen LogP contribution in [-0.4, -0.2) is 18.3 Å². The first-order chi connectivity index (χ1) is 8.12. The van der Waals surface area contributed by atoms with E-state index in [9.17, 15) is 5.11 Å². The summed E-state index contributed by atoms with van der Waals surface area (Å²) in [6, 6.07) is 1.74. The van der Waals surface area contributed by atoms with Crippen molar-refractivity contribution in [1.82, 2.24) is 0 Å². The fraction of sp³-hybridized carbons (Fsp3) is 0.500. The maximum absolute atomic E-state index is 10.2. The monoisotopic (exact) mass is 299 g/mol. The van der Waals surface area contributed by atoms with Crippen LogP contribution in [0.2, 0.25) is 0 Å². The van der Waals surface area contributed by atoms with Crippen LogP contribution in [0.1, 0.15) is 24.8 Å². The SMILES string of the molecule is NC1(c2c(O)c(Br)cc3c2OCCCO3)CC1. The van der Waals surface area contributed by atoms with E-state index in [-0.39, 0.29) is 5.75 Å². The predicted molar refractivity (Wildman–Crippen MR) is 66.5 cm³/mol. The Kier molecular flexibility index (Phi) is 2.48. The smallest absolute Gasteiger partial charge is 0.170 e. The molecule has 5 heteroatoms. The van der Waals surface area contributed by atoms with E-state index in [1.807, 2.05) is 0 Å². The van der Waals surface area contributed by atoms with E-state index in [4.69, 9.17) is 15.2 Å². The number of rotatable bonds is 1. The van der Waals surface area contributed by atoms with Crippen LogP contribution in [-0.2, 0) is 5.54 Å². The third-order valence-corrected chi connectivity index (χ3v) is 3.86. The van der Waals surface area contributed by atoms with Crippen LogP contribution >= 0.6 is 15.9 Å². The van der Waals surface area contributed by atoms with Gasteiger partial charge in [-0.1, -0.05) is 0 Å². The van der Waals surface area contributed by atoms with Crippen molar-refractivity contribution in [3.8, 4) is 17.2 Å². The number of aromatic hydroxyl groups is 1. The summed E-state index contributed by atoms with van der Waals surface area (Å²) in [5.74, 6) is 1.45. The molecule has 1 aromatic rings. The lowest BCUT2D eigenvalue weighted by molar-refractivity contribution is 0.295. The molecule has 1 aromatic carbocycles. The molecule has 0 amide bonds. The molecule has 17 heavy (non-hydrogen) atoms. The van der Waals surface area contributed by atoms with Gasteiger partial charge >= 0.3 is 0 Å². The molecule has 92 valence electrons. The number of phenolic OH excluding ortho intramolecular Hbond substituents is 1. The zero-order chi connectivity index (χ0) is 12.0. The number of benzene rings is 1. The first kappa shape index (κ1) is 11.2. The summed E-state index contributed by atoms with van der Waals surface area (Å²) in [4.78, 5) is 0. The highest BCUT2D eigenvalue weighted by Crippen LogP contribution is 2.55. The van der Waals surface area contributed by atoms with Crippen molar-refractivity contribution in [1.29, 1.82) is 0 Å². The van der Waals surface area contributed by atoms with Crippen LogP contribution in [0, 0.1) is 0 Å². The highest BCUT2D eigenvalue weighted by molar-refractivity contribution is 9.10. The Morgan fingerprint density at radius 3 is 2.71 bits per heavy atom. The lowest BCUT2D eigenvalue weighted by Crippen LogP contribution is -2.20. The largest absolute Gasteiger partial charge is 0.506 e. The topological polar surface area (TPSA) is 64.7 Å². The van der Waals surface area contributed by atoms with Crippen LogP contribution < -0.4 is 15.2 Å². The Balaban J connectivity index is 2.20. The number of halogens is 1. The van der Waals surface area contributed by atoms with Crippen LogP contribution in [0.5, 0.6) is 17.2 Å². The molecule has 0 aromatic heterocycles. The number of hydrogen-bond donors (Lipinski definition) is 2. The van der Waals surface area contributed by atoms with Crippen molar-refractivity contribution in [3.05, 3.63) is 16.1 Å². The van der Waals surface area contributed by atoms with Gasteiger partial charge in [-0.15, -0.1) is 0 Å². The first-order valence-electron chi connectivity index (χ1n) is 5.72. The molecule has 1 saturated carbocycles. The van der Waals surface area contributed by atoms with Gasteiger partial charge in [0.25, 0.3) is 0 Å². The lowest BCUT2D eigenvalue weighted by Gasteiger charge is -2.19. The highest BCUT2D eigenvalue weighted by Gasteiger charge is 2.46. The molecule has 0 bridgehead atoms. The van der Waals surface area contributed by atoms with Gasteiger partial charge in [0.15, 0.2) is 11.5 Å². The standard InChI is InChI=1S/C12H14BrNO3/c13-7-6-8-11(17-5-1-4-16-8)9(10(7)15)12(14)2-3-12/h6,15H,1-5,14H2. The van der Waals surface area contributed by atoms with Gasteiger partial charge in [-0.05, 0) is 28.8 Å². The zero-order valence-corrected chi connectivity index (χ0v) is 10.9. The van der Waals surface area contributed by atoms with Crippen molar-refractivity contribution in [2.24, 2.45) is 5.73 Å². The highest BCUT2D eigenvalue weighted by atomic mass is 79.9. The molecular formula is C12H14BrNO3. The van der Waals surface area contributed by atoms with Crippen LogP contribution in [0.4, 0.5) is 0 Å². The molecule has 4 nitrogen and oxygen atoms in total. The molecule has 0 atom stereocenters. The van der Waals surface area contributed by atoms with E-state index in [1.165, 1.54) is 0 Å². The van der Waals surface area contributed by atoms with Gasteiger partial charge in [0.05, 0.1) is 23.2 Å². The fourth-order valence-electron chi connectivity index (χ4n) is 2.11. The van der Waals surface area contributed by atoms with E-state index in [1.54, 1.807) is 6.07 Å². The third-order valence-electron chi connectivity index (χ3n) is 3.25. The van der Waals surface area contributed by atoms with Crippen molar-refractivity contribution < 1.29 is 14.6 Å². The molecule has 3 rings (SSSR count). The van der Waals surface area contributed by atoms with E-state index in [2.05, 4.69) is 15.9 Å². The van der Waals surface area contributed by atoms with Gasteiger partial charge in [-0.25, -0.2) is 0 Å².